The molecule has 0 aromatic heterocycles. The molecule has 0 saturated carbocycles. The number of nitrogens with zero attached hydrogens (tertiary/aromatic N) is 1. The number of hydrogen-bond donors (Lipinski definition) is 3. The summed E-state index contributed by atoms with van der Waals surface area (Å²) in [5.41, 5.74) is 5.75. The number of oxime groups is 1. The van der Waals surface area contributed by atoms with E-state index in [4.69, 9.17) is 10.9 Å². The lowest BCUT2D eigenvalue weighted by Crippen LogP contribution is -2.54. The number of carbonyl (C=O) groups excluding carboxylic acids is 1. The Balaban J connectivity index is 2.15. The van der Waals surface area contributed by atoms with Crippen molar-refractivity contribution in [3.8, 4) is 0 Å². The van der Waals surface area contributed by atoms with E-state index in [1.54, 1.807) is 25.6 Å². The number of benzene rings is 1. The monoisotopic (exact) mass is 279 g/mol. The van der Waals surface area contributed by atoms with Gasteiger partial charge in [0.1, 0.15) is 0 Å². The Kier molecular flexibility index (Phi) is 3.71. The van der Waals surface area contributed by atoms with Crippen LogP contribution in [0.2, 0.25) is 0 Å². The van der Waals surface area contributed by atoms with E-state index in [0.29, 0.717) is 0 Å². The zero-order valence-corrected chi connectivity index (χ0v) is 11.7. The summed E-state index contributed by atoms with van der Waals surface area (Å²) >= 11 is 1.67. The minimum atomic E-state index is -0.867. The van der Waals surface area contributed by atoms with Crippen LogP contribution in [-0.2, 0) is 4.79 Å². The van der Waals surface area contributed by atoms with Crippen LogP contribution in [0.4, 0.5) is 0 Å². The fourth-order valence-electron chi connectivity index (χ4n) is 1.96. The van der Waals surface area contributed by atoms with Crippen molar-refractivity contribution in [2.75, 3.05) is 5.75 Å². The maximum absolute atomic E-state index is 12.3. The van der Waals surface area contributed by atoms with E-state index in [-0.39, 0.29) is 17.7 Å². The summed E-state index contributed by atoms with van der Waals surface area (Å²) < 4.78 is 0. The molecule has 1 atom stereocenters. The van der Waals surface area contributed by atoms with Crippen molar-refractivity contribution in [3.63, 3.8) is 0 Å². The first kappa shape index (κ1) is 13.7. The second kappa shape index (κ2) is 5.13. The number of nitrogens with two attached hydrogens (primary N) is 1. The third-order valence-electron chi connectivity index (χ3n) is 3.20. The maximum Gasteiger partial charge on any atom is 0.229 e. The maximum atomic E-state index is 12.3. The zero-order valence-electron chi connectivity index (χ0n) is 10.9. The molecule has 0 bridgehead atoms. The van der Waals surface area contributed by atoms with Gasteiger partial charge in [0.25, 0.3) is 0 Å². The van der Waals surface area contributed by atoms with Crippen molar-refractivity contribution in [2.24, 2.45) is 10.9 Å². The zero-order chi connectivity index (χ0) is 14.0. The fraction of sp³-hybridized carbons (Fsp3) is 0.385. The van der Waals surface area contributed by atoms with E-state index in [0.717, 1.165) is 16.2 Å². The van der Waals surface area contributed by atoms with E-state index in [9.17, 15) is 4.79 Å². The summed E-state index contributed by atoms with van der Waals surface area (Å²) in [5.74, 6) is 0.415. The Hall–Kier alpha value is -1.69. The largest absolute Gasteiger partial charge is 0.409 e. The summed E-state index contributed by atoms with van der Waals surface area (Å²) in [6.07, 6.45) is 0. The third-order valence-corrected chi connectivity index (χ3v) is 4.38. The SMILES string of the molecule is CC(C)(NC(=O)C1CSc2ccccc21)C(N)=NO. The standard InChI is InChI=1S/C13H17N3O2S/c1-13(2,12(14)16-18)15-11(17)9-7-19-10-6-4-3-5-8(9)10/h3-6,9,18H,7H2,1-2H3,(H2,14,16)(H,15,17). The third kappa shape index (κ3) is 2.68. The molecule has 102 valence electrons. The average molecular weight is 279 g/mol. The smallest absolute Gasteiger partial charge is 0.229 e. The van der Waals surface area contributed by atoms with Crippen LogP contribution in [0.3, 0.4) is 0 Å². The van der Waals surface area contributed by atoms with Crippen LogP contribution in [0.5, 0.6) is 0 Å². The molecule has 1 aromatic rings. The molecule has 2 rings (SSSR count). The molecule has 19 heavy (non-hydrogen) atoms. The molecule has 6 heteroatoms. The molecule has 0 saturated heterocycles. The van der Waals surface area contributed by atoms with E-state index < -0.39 is 5.54 Å². The number of amides is 1. The minimum absolute atomic E-state index is 0.0141. The molecule has 0 spiro atoms. The lowest BCUT2D eigenvalue weighted by molar-refractivity contribution is -0.123. The second-order valence-corrected chi connectivity index (χ2v) is 6.06. The summed E-state index contributed by atoms with van der Waals surface area (Å²) in [4.78, 5) is 13.5. The van der Waals surface area contributed by atoms with Gasteiger partial charge in [-0.25, -0.2) is 0 Å². The van der Waals surface area contributed by atoms with Gasteiger partial charge in [-0.15, -0.1) is 11.8 Å². The highest BCUT2D eigenvalue weighted by Crippen LogP contribution is 2.39. The van der Waals surface area contributed by atoms with Crippen molar-refractivity contribution >= 4 is 23.5 Å². The molecule has 4 N–H and O–H groups in total. The number of nitrogens with one attached hydrogen (secondary N) is 1. The molecule has 1 amide bonds. The molecular weight excluding hydrogens is 262 g/mol. The van der Waals surface area contributed by atoms with Gasteiger partial charge in [-0.05, 0) is 25.5 Å². The quantitative estimate of drug-likeness (QED) is 0.339. The van der Waals surface area contributed by atoms with E-state index in [1.807, 2.05) is 24.3 Å². The molecule has 0 fully saturated rings. The van der Waals surface area contributed by atoms with Crippen molar-refractivity contribution in [2.45, 2.75) is 30.2 Å². The molecule has 1 aliphatic heterocycles. The van der Waals surface area contributed by atoms with Gasteiger partial charge in [-0.3, -0.25) is 4.79 Å². The van der Waals surface area contributed by atoms with Gasteiger partial charge in [-0.1, -0.05) is 23.4 Å². The van der Waals surface area contributed by atoms with Crippen LogP contribution in [0.15, 0.2) is 34.3 Å². The summed E-state index contributed by atoms with van der Waals surface area (Å²) in [6.45, 7) is 3.40. The summed E-state index contributed by atoms with van der Waals surface area (Å²) in [5, 5.41) is 14.5. The number of rotatable bonds is 3. The Morgan fingerprint density at radius 3 is 2.89 bits per heavy atom. The van der Waals surface area contributed by atoms with Crippen LogP contribution >= 0.6 is 11.8 Å². The summed E-state index contributed by atoms with van der Waals surface area (Å²) in [7, 11) is 0. The predicted molar refractivity (Wildman–Crippen MR) is 75.5 cm³/mol. The molecular formula is C13H17N3O2S. The molecule has 1 aromatic carbocycles. The summed E-state index contributed by atoms with van der Waals surface area (Å²) in [6, 6.07) is 7.88. The van der Waals surface area contributed by atoms with E-state index >= 15 is 0 Å². The molecule has 1 heterocycles. The van der Waals surface area contributed by atoms with E-state index in [2.05, 4.69) is 10.5 Å². The number of amidine groups is 1. The first-order chi connectivity index (χ1) is 8.95. The van der Waals surface area contributed by atoms with Gasteiger partial charge >= 0.3 is 0 Å². The first-order valence-electron chi connectivity index (χ1n) is 5.97. The van der Waals surface area contributed by atoms with Gasteiger partial charge in [0.05, 0.1) is 11.5 Å². The average Bonchev–Trinajstić information content (AvgIpc) is 2.81. The minimum Gasteiger partial charge on any atom is -0.409 e. The Morgan fingerprint density at radius 2 is 2.21 bits per heavy atom. The van der Waals surface area contributed by atoms with Crippen LogP contribution in [0.1, 0.15) is 25.3 Å². The second-order valence-electron chi connectivity index (χ2n) is 5.00. The number of fused-ring (bicyclic) bond motifs is 1. The predicted octanol–water partition coefficient (Wildman–Crippen LogP) is 1.52. The van der Waals surface area contributed by atoms with Crippen molar-refractivity contribution in [1.82, 2.24) is 5.32 Å². The molecule has 1 unspecified atom stereocenters. The lowest BCUT2D eigenvalue weighted by atomic mass is 9.97. The normalized spacial score (nSPS) is 19.1. The van der Waals surface area contributed by atoms with Crippen LogP contribution < -0.4 is 11.1 Å². The van der Waals surface area contributed by atoms with Gasteiger partial charge < -0.3 is 16.3 Å². The lowest BCUT2D eigenvalue weighted by Gasteiger charge is -2.26. The van der Waals surface area contributed by atoms with Crippen LogP contribution in [0, 0.1) is 0 Å². The van der Waals surface area contributed by atoms with Gasteiger partial charge in [0.15, 0.2) is 5.84 Å². The van der Waals surface area contributed by atoms with Crippen molar-refractivity contribution in [1.29, 1.82) is 0 Å². The number of thioether (sulfide) groups is 1. The van der Waals surface area contributed by atoms with Gasteiger partial charge in [-0.2, -0.15) is 0 Å². The number of hydrogen-bond acceptors (Lipinski definition) is 4. The highest BCUT2D eigenvalue weighted by Gasteiger charge is 2.33. The van der Waals surface area contributed by atoms with Gasteiger partial charge in [0.2, 0.25) is 5.91 Å². The van der Waals surface area contributed by atoms with Crippen molar-refractivity contribution < 1.29 is 10.0 Å². The van der Waals surface area contributed by atoms with Crippen LogP contribution in [0.25, 0.3) is 0 Å². The fourth-order valence-corrected chi connectivity index (χ4v) is 3.19. The number of carbonyl (C=O) groups is 1. The Bertz CT molecular complexity index is 528. The van der Waals surface area contributed by atoms with Crippen LogP contribution in [-0.4, -0.2) is 28.2 Å². The van der Waals surface area contributed by atoms with Crippen molar-refractivity contribution in [3.05, 3.63) is 29.8 Å². The Morgan fingerprint density at radius 1 is 1.53 bits per heavy atom. The first-order valence-corrected chi connectivity index (χ1v) is 6.96. The highest BCUT2D eigenvalue weighted by atomic mass is 32.2. The molecule has 1 aliphatic rings. The molecule has 5 nitrogen and oxygen atoms in total. The Labute approximate surface area is 116 Å². The molecule has 0 aliphatic carbocycles. The van der Waals surface area contributed by atoms with Gasteiger partial charge in [0, 0.05) is 10.6 Å². The molecule has 0 radical (unpaired) electrons. The topological polar surface area (TPSA) is 87.7 Å². The highest BCUT2D eigenvalue weighted by molar-refractivity contribution is 7.99. The van der Waals surface area contributed by atoms with E-state index in [1.165, 1.54) is 0 Å².